The lowest BCUT2D eigenvalue weighted by molar-refractivity contribution is 0.0980. The van der Waals surface area contributed by atoms with Crippen LogP contribution in [-0.2, 0) is 6.54 Å². The minimum atomic E-state index is -0.0885. The van der Waals surface area contributed by atoms with Crippen molar-refractivity contribution in [3.05, 3.63) is 41.2 Å². The predicted molar refractivity (Wildman–Crippen MR) is 119 cm³/mol. The van der Waals surface area contributed by atoms with Gasteiger partial charge in [0, 0.05) is 19.3 Å². The first kappa shape index (κ1) is 22.3. The molecule has 2 aromatic heterocycles. The van der Waals surface area contributed by atoms with E-state index in [0.717, 1.165) is 34.9 Å². The van der Waals surface area contributed by atoms with Crippen LogP contribution in [-0.4, -0.2) is 52.8 Å². The second kappa shape index (κ2) is 9.49. The largest absolute Gasteiger partial charge is 0.309 e. The molecule has 0 spiro atoms. The number of carbonyl (C=O) groups excluding carboxylic acids is 1. The molecule has 0 saturated carbocycles. The molecule has 0 atom stereocenters. The summed E-state index contributed by atoms with van der Waals surface area (Å²) in [6, 6.07) is 5.99. The molecule has 3 rings (SSSR count). The maximum absolute atomic E-state index is 13.2. The standard InChI is InChI=1S/C20H27N5OS.ClH/c1-6-24-13-10-16(22-24)19(26)25(12-7-11-23(4)5)20-21-18-15(3)14(2)8-9-17(18)27-20;/h8-10,13H,6-7,11-12H2,1-5H3;1H. The first-order chi connectivity index (χ1) is 12.9. The normalized spacial score (nSPS) is 11.1. The van der Waals surface area contributed by atoms with E-state index in [0.29, 0.717) is 12.2 Å². The van der Waals surface area contributed by atoms with Gasteiger partial charge in [-0.05, 0) is 71.1 Å². The minimum Gasteiger partial charge on any atom is -0.309 e. The van der Waals surface area contributed by atoms with E-state index in [4.69, 9.17) is 4.98 Å². The third-order valence-corrected chi connectivity index (χ3v) is 5.76. The topological polar surface area (TPSA) is 54.3 Å². The zero-order chi connectivity index (χ0) is 19.6. The molecular weight excluding hydrogens is 394 g/mol. The van der Waals surface area contributed by atoms with E-state index in [1.165, 1.54) is 11.1 Å². The van der Waals surface area contributed by atoms with Crippen molar-refractivity contribution >= 4 is 45.0 Å². The van der Waals surface area contributed by atoms with Gasteiger partial charge in [-0.1, -0.05) is 17.4 Å². The molecule has 0 fully saturated rings. The first-order valence-corrected chi connectivity index (χ1v) is 10.1. The molecule has 6 nitrogen and oxygen atoms in total. The van der Waals surface area contributed by atoms with Gasteiger partial charge in [-0.15, -0.1) is 12.4 Å². The smallest absolute Gasteiger partial charge is 0.280 e. The molecule has 0 bridgehead atoms. The van der Waals surface area contributed by atoms with Gasteiger partial charge in [-0.3, -0.25) is 14.4 Å². The molecule has 1 aromatic carbocycles. The summed E-state index contributed by atoms with van der Waals surface area (Å²) in [6.45, 7) is 8.46. The lowest BCUT2D eigenvalue weighted by atomic mass is 10.1. The van der Waals surface area contributed by atoms with Crippen molar-refractivity contribution < 1.29 is 4.79 Å². The van der Waals surface area contributed by atoms with Crippen LogP contribution in [0.25, 0.3) is 10.2 Å². The SMILES string of the molecule is CCn1ccc(C(=O)N(CCCN(C)C)c2nc3c(C)c(C)ccc3s2)n1.Cl. The summed E-state index contributed by atoms with van der Waals surface area (Å²) in [5.74, 6) is -0.0885. The van der Waals surface area contributed by atoms with Crippen molar-refractivity contribution in [2.45, 2.75) is 33.7 Å². The number of aromatic nitrogens is 3. The zero-order valence-corrected chi connectivity index (χ0v) is 18.7. The third kappa shape index (κ3) is 4.71. The summed E-state index contributed by atoms with van der Waals surface area (Å²) in [5, 5.41) is 5.14. The molecule has 0 N–H and O–H groups in total. The van der Waals surface area contributed by atoms with Gasteiger partial charge in [-0.25, -0.2) is 4.98 Å². The molecule has 0 aliphatic rings. The van der Waals surface area contributed by atoms with E-state index in [9.17, 15) is 4.79 Å². The molecule has 0 aliphatic carbocycles. The number of benzene rings is 1. The van der Waals surface area contributed by atoms with Gasteiger partial charge in [0.15, 0.2) is 10.8 Å². The van der Waals surface area contributed by atoms with E-state index in [1.807, 2.05) is 27.2 Å². The van der Waals surface area contributed by atoms with Gasteiger partial charge < -0.3 is 4.90 Å². The lowest BCUT2D eigenvalue weighted by Crippen LogP contribution is -2.33. The van der Waals surface area contributed by atoms with E-state index < -0.39 is 0 Å². The summed E-state index contributed by atoms with van der Waals surface area (Å²) < 4.78 is 2.88. The lowest BCUT2D eigenvalue weighted by Gasteiger charge is -2.20. The van der Waals surface area contributed by atoms with E-state index >= 15 is 0 Å². The van der Waals surface area contributed by atoms with Crippen molar-refractivity contribution in [1.82, 2.24) is 19.7 Å². The fraction of sp³-hybridized carbons (Fsp3) is 0.450. The van der Waals surface area contributed by atoms with Crippen LogP contribution < -0.4 is 4.90 Å². The van der Waals surface area contributed by atoms with Crippen molar-refractivity contribution in [3.63, 3.8) is 0 Å². The van der Waals surface area contributed by atoms with Gasteiger partial charge in [0.2, 0.25) is 0 Å². The van der Waals surface area contributed by atoms with Crippen LogP contribution in [0.4, 0.5) is 5.13 Å². The molecule has 28 heavy (non-hydrogen) atoms. The maximum Gasteiger partial charge on any atom is 0.280 e. The van der Waals surface area contributed by atoms with Gasteiger partial charge in [0.05, 0.1) is 10.2 Å². The number of halogens is 1. The fourth-order valence-electron chi connectivity index (χ4n) is 2.95. The summed E-state index contributed by atoms with van der Waals surface area (Å²) in [7, 11) is 4.08. The van der Waals surface area contributed by atoms with Crippen molar-refractivity contribution in [2.24, 2.45) is 0 Å². The number of hydrogen-bond donors (Lipinski definition) is 0. The van der Waals surface area contributed by atoms with Crippen LogP contribution in [0, 0.1) is 13.8 Å². The zero-order valence-electron chi connectivity index (χ0n) is 17.1. The molecule has 8 heteroatoms. The summed E-state index contributed by atoms with van der Waals surface area (Å²) in [4.78, 5) is 21.9. The molecule has 0 radical (unpaired) electrons. The van der Waals surface area contributed by atoms with Crippen LogP contribution in [0.15, 0.2) is 24.4 Å². The quantitative estimate of drug-likeness (QED) is 0.575. The molecule has 152 valence electrons. The Bertz CT molecular complexity index is 949. The number of hydrogen-bond acceptors (Lipinski definition) is 5. The van der Waals surface area contributed by atoms with Crippen molar-refractivity contribution in [3.8, 4) is 0 Å². The highest BCUT2D eigenvalue weighted by atomic mass is 35.5. The number of thiazole rings is 1. The average Bonchev–Trinajstić information content (AvgIpc) is 3.28. The highest BCUT2D eigenvalue weighted by molar-refractivity contribution is 7.22. The first-order valence-electron chi connectivity index (χ1n) is 9.27. The van der Waals surface area contributed by atoms with Crippen LogP contribution >= 0.6 is 23.7 Å². The van der Waals surface area contributed by atoms with Gasteiger partial charge in [-0.2, -0.15) is 5.10 Å². The summed E-state index contributed by atoms with van der Waals surface area (Å²) in [6.07, 6.45) is 2.72. The molecule has 0 aliphatic heterocycles. The molecule has 2 heterocycles. The van der Waals surface area contributed by atoms with E-state index in [-0.39, 0.29) is 18.3 Å². The maximum atomic E-state index is 13.2. The Morgan fingerprint density at radius 1 is 1.18 bits per heavy atom. The van der Waals surface area contributed by atoms with Gasteiger partial charge in [0.25, 0.3) is 5.91 Å². The number of rotatable bonds is 7. The summed E-state index contributed by atoms with van der Waals surface area (Å²) >= 11 is 1.57. The Labute approximate surface area is 176 Å². The van der Waals surface area contributed by atoms with Crippen LogP contribution in [0.1, 0.15) is 35.0 Å². The predicted octanol–water partition coefficient (Wildman–Crippen LogP) is 4.15. The van der Waals surface area contributed by atoms with Crippen LogP contribution in [0.3, 0.4) is 0 Å². The monoisotopic (exact) mass is 421 g/mol. The third-order valence-electron chi connectivity index (χ3n) is 4.72. The fourth-order valence-corrected chi connectivity index (χ4v) is 4.00. The number of nitrogens with zero attached hydrogens (tertiary/aromatic N) is 5. The number of aryl methyl sites for hydroxylation is 3. The Morgan fingerprint density at radius 3 is 2.57 bits per heavy atom. The number of amides is 1. The Hall–Kier alpha value is -1.96. The molecule has 3 aromatic rings. The Kier molecular flexibility index (Phi) is 7.57. The van der Waals surface area contributed by atoms with Crippen LogP contribution in [0.5, 0.6) is 0 Å². The van der Waals surface area contributed by atoms with E-state index in [1.54, 1.807) is 27.0 Å². The van der Waals surface area contributed by atoms with Gasteiger partial charge >= 0.3 is 0 Å². The number of anilines is 1. The van der Waals surface area contributed by atoms with E-state index in [2.05, 4.69) is 36.0 Å². The highest BCUT2D eigenvalue weighted by Crippen LogP contribution is 2.32. The second-order valence-electron chi connectivity index (χ2n) is 7.02. The number of fused-ring (bicyclic) bond motifs is 1. The molecular formula is C20H28ClN5OS. The Balaban J connectivity index is 0.00000280. The second-order valence-corrected chi connectivity index (χ2v) is 8.03. The Morgan fingerprint density at radius 2 is 1.93 bits per heavy atom. The van der Waals surface area contributed by atoms with Crippen LogP contribution in [0.2, 0.25) is 0 Å². The average molecular weight is 422 g/mol. The van der Waals surface area contributed by atoms with Crippen molar-refractivity contribution in [1.29, 1.82) is 0 Å². The number of carbonyl (C=O) groups is 1. The molecule has 1 amide bonds. The molecule has 0 unspecified atom stereocenters. The van der Waals surface area contributed by atoms with Gasteiger partial charge in [0.1, 0.15) is 0 Å². The molecule has 0 saturated heterocycles. The van der Waals surface area contributed by atoms with Crippen molar-refractivity contribution in [2.75, 3.05) is 32.1 Å². The highest BCUT2D eigenvalue weighted by Gasteiger charge is 2.23. The minimum absolute atomic E-state index is 0. The summed E-state index contributed by atoms with van der Waals surface area (Å²) in [5.41, 5.74) is 3.84.